The molecule has 4 aromatic rings. The number of ether oxygens (including phenoxy) is 1. The second-order valence-electron chi connectivity index (χ2n) is 7.95. The molecule has 160 valence electrons. The number of carbonyl (C=O) groups excluding carboxylic acids is 1. The summed E-state index contributed by atoms with van der Waals surface area (Å²) in [4.78, 5) is 16.8. The number of H-pyrrole nitrogens is 1. The molecule has 31 heavy (non-hydrogen) atoms. The zero-order valence-electron chi connectivity index (χ0n) is 17.3. The molecule has 1 aromatic carbocycles. The van der Waals surface area contributed by atoms with Crippen LogP contribution in [0.5, 0.6) is 5.75 Å². The SMILES string of the molecule is COc1cccc2[nH]c(C(=O)NCC3CCC(c4nnc(-c5cccs5)o4)CC3)cc12. The van der Waals surface area contributed by atoms with Crippen molar-refractivity contribution in [1.29, 1.82) is 0 Å². The topological polar surface area (TPSA) is 93.0 Å². The normalized spacial score (nSPS) is 18.9. The number of thiophene rings is 1. The maximum atomic E-state index is 12.6. The van der Waals surface area contributed by atoms with Crippen molar-refractivity contribution in [2.24, 2.45) is 5.92 Å². The zero-order valence-corrected chi connectivity index (χ0v) is 18.1. The molecule has 7 nitrogen and oxygen atoms in total. The van der Waals surface area contributed by atoms with E-state index in [4.69, 9.17) is 9.15 Å². The van der Waals surface area contributed by atoms with Gasteiger partial charge < -0.3 is 19.5 Å². The molecular formula is C23H24N4O3S. The summed E-state index contributed by atoms with van der Waals surface area (Å²) in [6, 6.07) is 11.6. The predicted molar refractivity (Wildman–Crippen MR) is 119 cm³/mol. The average molecular weight is 437 g/mol. The highest BCUT2D eigenvalue weighted by molar-refractivity contribution is 7.13. The van der Waals surface area contributed by atoms with Gasteiger partial charge in [-0.05, 0) is 61.2 Å². The van der Waals surface area contributed by atoms with Crippen LogP contribution in [0.4, 0.5) is 0 Å². The van der Waals surface area contributed by atoms with E-state index in [-0.39, 0.29) is 5.91 Å². The Kier molecular flexibility index (Phi) is 5.46. The maximum Gasteiger partial charge on any atom is 0.267 e. The van der Waals surface area contributed by atoms with E-state index >= 15 is 0 Å². The van der Waals surface area contributed by atoms with Crippen molar-refractivity contribution in [2.75, 3.05) is 13.7 Å². The van der Waals surface area contributed by atoms with Crippen LogP contribution in [-0.4, -0.2) is 34.7 Å². The summed E-state index contributed by atoms with van der Waals surface area (Å²) in [5.41, 5.74) is 1.45. The molecule has 0 spiro atoms. The van der Waals surface area contributed by atoms with Gasteiger partial charge in [0.15, 0.2) is 0 Å². The summed E-state index contributed by atoms with van der Waals surface area (Å²) in [5, 5.41) is 14.5. The van der Waals surface area contributed by atoms with Crippen molar-refractivity contribution < 1.29 is 13.9 Å². The number of carbonyl (C=O) groups is 1. The molecule has 0 atom stereocenters. The van der Waals surface area contributed by atoms with E-state index in [9.17, 15) is 4.79 Å². The minimum Gasteiger partial charge on any atom is -0.496 e. The van der Waals surface area contributed by atoms with E-state index in [0.717, 1.165) is 53.1 Å². The van der Waals surface area contributed by atoms with Crippen LogP contribution >= 0.6 is 11.3 Å². The van der Waals surface area contributed by atoms with Gasteiger partial charge in [-0.3, -0.25) is 4.79 Å². The number of amides is 1. The Morgan fingerprint density at radius 2 is 2.10 bits per heavy atom. The third-order valence-electron chi connectivity index (χ3n) is 6.01. The van der Waals surface area contributed by atoms with Gasteiger partial charge in [0.1, 0.15) is 11.4 Å². The number of benzene rings is 1. The Hall–Kier alpha value is -3.13. The van der Waals surface area contributed by atoms with Crippen molar-refractivity contribution in [3.8, 4) is 16.5 Å². The first kappa shape index (κ1) is 19.8. The molecule has 8 heteroatoms. The molecule has 0 radical (unpaired) electrons. The fourth-order valence-electron chi connectivity index (χ4n) is 4.27. The van der Waals surface area contributed by atoms with Crippen LogP contribution in [0.25, 0.3) is 21.7 Å². The highest BCUT2D eigenvalue weighted by atomic mass is 32.1. The second kappa shape index (κ2) is 8.55. The van der Waals surface area contributed by atoms with Crippen LogP contribution < -0.4 is 10.1 Å². The Balaban J connectivity index is 1.15. The first-order valence-corrected chi connectivity index (χ1v) is 11.4. The third-order valence-corrected chi connectivity index (χ3v) is 6.87. The molecule has 5 rings (SSSR count). The number of fused-ring (bicyclic) bond motifs is 1. The lowest BCUT2D eigenvalue weighted by Crippen LogP contribution is -2.31. The molecule has 3 aromatic heterocycles. The molecule has 0 aliphatic heterocycles. The van der Waals surface area contributed by atoms with E-state index in [0.29, 0.717) is 30.0 Å². The zero-order chi connectivity index (χ0) is 21.2. The Morgan fingerprint density at radius 1 is 1.23 bits per heavy atom. The van der Waals surface area contributed by atoms with Gasteiger partial charge in [0.2, 0.25) is 5.89 Å². The highest BCUT2D eigenvalue weighted by Crippen LogP contribution is 2.36. The largest absolute Gasteiger partial charge is 0.496 e. The van der Waals surface area contributed by atoms with Gasteiger partial charge in [-0.2, -0.15) is 0 Å². The quantitative estimate of drug-likeness (QED) is 0.444. The van der Waals surface area contributed by atoms with E-state index in [1.165, 1.54) is 0 Å². The molecule has 3 heterocycles. The molecule has 1 fully saturated rings. The smallest absolute Gasteiger partial charge is 0.267 e. The predicted octanol–water partition coefficient (Wildman–Crippen LogP) is 4.99. The van der Waals surface area contributed by atoms with Crippen LogP contribution in [0.15, 0.2) is 46.2 Å². The number of aromatic amines is 1. The minimum atomic E-state index is -0.0853. The van der Waals surface area contributed by atoms with Crippen molar-refractivity contribution in [3.63, 3.8) is 0 Å². The summed E-state index contributed by atoms with van der Waals surface area (Å²) in [6.45, 7) is 0.669. The van der Waals surface area contributed by atoms with Crippen molar-refractivity contribution in [3.05, 3.63) is 53.4 Å². The highest BCUT2D eigenvalue weighted by Gasteiger charge is 2.27. The van der Waals surface area contributed by atoms with E-state index in [2.05, 4.69) is 20.5 Å². The maximum absolute atomic E-state index is 12.6. The lowest BCUT2D eigenvalue weighted by molar-refractivity contribution is 0.0938. The van der Waals surface area contributed by atoms with Crippen LogP contribution in [0.2, 0.25) is 0 Å². The molecule has 1 saturated carbocycles. The lowest BCUT2D eigenvalue weighted by atomic mass is 9.82. The first-order valence-electron chi connectivity index (χ1n) is 10.5. The molecule has 2 N–H and O–H groups in total. The van der Waals surface area contributed by atoms with E-state index < -0.39 is 0 Å². The minimum absolute atomic E-state index is 0.0853. The van der Waals surface area contributed by atoms with Gasteiger partial charge in [0.25, 0.3) is 11.8 Å². The van der Waals surface area contributed by atoms with Gasteiger partial charge in [0.05, 0.1) is 12.0 Å². The Morgan fingerprint density at radius 3 is 2.87 bits per heavy atom. The lowest BCUT2D eigenvalue weighted by Gasteiger charge is -2.26. The summed E-state index contributed by atoms with van der Waals surface area (Å²) in [6.07, 6.45) is 4.05. The van der Waals surface area contributed by atoms with Crippen molar-refractivity contribution in [2.45, 2.75) is 31.6 Å². The van der Waals surface area contributed by atoms with E-state index in [1.807, 2.05) is 41.8 Å². The first-order chi connectivity index (χ1) is 15.2. The van der Waals surface area contributed by atoms with Gasteiger partial charge in [-0.25, -0.2) is 0 Å². The molecule has 0 saturated heterocycles. The van der Waals surface area contributed by atoms with Crippen LogP contribution in [0, 0.1) is 5.92 Å². The van der Waals surface area contributed by atoms with Crippen molar-refractivity contribution in [1.82, 2.24) is 20.5 Å². The molecule has 1 aliphatic carbocycles. The van der Waals surface area contributed by atoms with Crippen LogP contribution in [-0.2, 0) is 0 Å². The number of hydrogen-bond acceptors (Lipinski definition) is 6. The second-order valence-corrected chi connectivity index (χ2v) is 8.90. The summed E-state index contributed by atoms with van der Waals surface area (Å²) >= 11 is 1.60. The third kappa shape index (κ3) is 4.07. The number of methoxy groups -OCH3 is 1. The molecular weight excluding hydrogens is 412 g/mol. The summed E-state index contributed by atoms with van der Waals surface area (Å²) in [7, 11) is 1.63. The molecule has 1 amide bonds. The van der Waals surface area contributed by atoms with Crippen molar-refractivity contribution >= 4 is 28.1 Å². The fraction of sp³-hybridized carbons (Fsp3) is 0.348. The van der Waals surface area contributed by atoms with E-state index in [1.54, 1.807) is 18.4 Å². The van der Waals surface area contributed by atoms with Crippen LogP contribution in [0.1, 0.15) is 48.0 Å². The summed E-state index contributed by atoms with van der Waals surface area (Å²) in [5.74, 6) is 2.77. The number of hydrogen-bond donors (Lipinski definition) is 2. The number of nitrogens with zero attached hydrogens (tertiary/aromatic N) is 2. The van der Waals surface area contributed by atoms with Gasteiger partial charge >= 0.3 is 0 Å². The number of nitrogens with one attached hydrogen (secondary N) is 2. The Labute approximate surface area is 183 Å². The van der Waals surface area contributed by atoms with Gasteiger partial charge in [-0.15, -0.1) is 21.5 Å². The number of rotatable bonds is 6. The molecule has 0 unspecified atom stereocenters. The molecule has 0 bridgehead atoms. The fourth-order valence-corrected chi connectivity index (χ4v) is 4.92. The Bertz CT molecular complexity index is 1170. The number of aromatic nitrogens is 3. The molecule has 1 aliphatic rings. The monoisotopic (exact) mass is 436 g/mol. The summed E-state index contributed by atoms with van der Waals surface area (Å²) < 4.78 is 11.3. The average Bonchev–Trinajstić information content (AvgIpc) is 3.57. The van der Waals surface area contributed by atoms with Gasteiger partial charge in [0, 0.05) is 23.4 Å². The van der Waals surface area contributed by atoms with Gasteiger partial charge in [-0.1, -0.05) is 12.1 Å². The standard InChI is InChI=1S/C23H24N4O3S/c1-29-19-5-2-4-17-16(19)12-18(25-17)21(28)24-13-14-7-9-15(10-8-14)22-26-27-23(30-22)20-6-3-11-31-20/h2-6,11-12,14-15,25H,7-10,13H2,1H3,(H,24,28). The van der Waals surface area contributed by atoms with Crippen LogP contribution in [0.3, 0.4) is 0 Å².